The first-order valence-corrected chi connectivity index (χ1v) is 10.5. The van der Waals surface area contributed by atoms with Gasteiger partial charge in [0.15, 0.2) is 0 Å². The summed E-state index contributed by atoms with van der Waals surface area (Å²) < 4.78 is 13.0. The fourth-order valence-corrected chi connectivity index (χ4v) is 4.24. The molecule has 1 aliphatic heterocycles. The quantitative estimate of drug-likeness (QED) is 0.703. The van der Waals surface area contributed by atoms with E-state index in [2.05, 4.69) is 16.4 Å². The van der Waals surface area contributed by atoms with Crippen LogP contribution in [0.3, 0.4) is 0 Å². The summed E-state index contributed by atoms with van der Waals surface area (Å²) in [5, 5.41) is 0. The van der Waals surface area contributed by atoms with E-state index in [-0.39, 0.29) is 5.91 Å². The van der Waals surface area contributed by atoms with E-state index in [1.807, 2.05) is 31.2 Å². The molecule has 0 bridgehead atoms. The van der Waals surface area contributed by atoms with Crippen molar-refractivity contribution in [2.24, 2.45) is 5.73 Å². The summed E-state index contributed by atoms with van der Waals surface area (Å²) in [5.41, 5.74) is 10.6. The van der Waals surface area contributed by atoms with E-state index in [1.165, 1.54) is 5.69 Å². The van der Waals surface area contributed by atoms with Gasteiger partial charge in [-0.25, -0.2) is 0 Å². The summed E-state index contributed by atoms with van der Waals surface area (Å²) in [6, 6.07) is 7.89. The maximum atomic E-state index is 12.4. The number of aromatic nitrogens is 1. The summed E-state index contributed by atoms with van der Waals surface area (Å²) >= 11 is 0. The molecule has 6 nitrogen and oxygen atoms in total. The number of nitrogens with two attached hydrogens (primary N) is 1. The number of ether oxygens (including phenoxy) is 2. The second kappa shape index (κ2) is 9.94. The van der Waals surface area contributed by atoms with Crippen molar-refractivity contribution in [2.75, 3.05) is 40.0 Å². The van der Waals surface area contributed by atoms with Gasteiger partial charge in [-0.05, 0) is 37.5 Å². The Morgan fingerprint density at radius 1 is 1.17 bits per heavy atom. The Balaban J connectivity index is 1.93. The number of benzene rings is 1. The summed E-state index contributed by atoms with van der Waals surface area (Å²) in [4.78, 5) is 14.8. The van der Waals surface area contributed by atoms with E-state index in [0.29, 0.717) is 5.56 Å². The topological polar surface area (TPSA) is 69.7 Å². The lowest BCUT2D eigenvalue weighted by atomic mass is 9.98. The van der Waals surface area contributed by atoms with Crippen molar-refractivity contribution in [3.63, 3.8) is 0 Å². The van der Waals surface area contributed by atoms with Gasteiger partial charge in [-0.2, -0.15) is 0 Å². The van der Waals surface area contributed by atoms with Crippen molar-refractivity contribution in [3.8, 4) is 16.9 Å². The number of hydrogen-bond acceptors (Lipinski definition) is 4. The molecule has 0 unspecified atom stereocenters. The van der Waals surface area contributed by atoms with Gasteiger partial charge >= 0.3 is 0 Å². The Hall–Kier alpha value is -2.31. The van der Waals surface area contributed by atoms with Crippen molar-refractivity contribution in [3.05, 3.63) is 41.2 Å². The van der Waals surface area contributed by atoms with E-state index in [4.69, 9.17) is 15.2 Å². The number of amides is 1. The molecule has 0 saturated carbocycles. The lowest BCUT2D eigenvalue weighted by Gasteiger charge is -2.26. The molecule has 29 heavy (non-hydrogen) atoms. The maximum Gasteiger partial charge on any atom is 0.251 e. The van der Waals surface area contributed by atoms with Crippen LogP contribution < -0.4 is 10.5 Å². The van der Waals surface area contributed by atoms with E-state index >= 15 is 0 Å². The highest BCUT2D eigenvalue weighted by Gasteiger charge is 2.24. The van der Waals surface area contributed by atoms with Crippen LogP contribution in [0, 0.1) is 6.92 Å². The molecule has 0 aliphatic carbocycles. The minimum atomic E-state index is -0.363. The van der Waals surface area contributed by atoms with Gasteiger partial charge < -0.3 is 19.8 Å². The molecule has 1 fully saturated rings. The molecule has 0 radical (unpaired) electrons. The number of morpholine rings is 1. The van der Waals surface area contributed by atoms with Crippen LogP contribution >= 0.6 is 0 Å². The molecular formula is C23H33N3O3. The van der Waals surface area contributed by atoms with Crippen molar-refractivity contribution < 1.29 is 14.3 Å². The van der Waals surface area contributed by atoms with Crippen LogP contribution in [0.2, 0.25) is 0 Å². The number of hydrogen-bond donors (Lipinski definition) is 1. The Bertz CT molecular complexity index is 821. The molecular weight excluding hydrogens is 366 g/mol. The maximum absolute atomic E-state index is 12.4. The number of methoxy groups -OCH3 is 1. The fourth-order valence-electron chi connectivity index (χ4n) is 4.24. The highest BCUT2D eigenvalue weighted by Crippen LogP contribution is 2.34. The number of rotatable bonds is 9. The number of carbonyl (C=O) groups is 1. The average molecular weight is 400 g/mol. The largest absolute Gasteiger partial charge is 0.497 e. The van der Waals surface area contributed by atoms with E-state index < -0.39 is 0 Å². The molecule has 0 atom stereocenters. The van der Waals surface area contributed by atoms with Crippen LogP contribution in [0.5, 0.6) is 5.75 Å². The zero-order chi connectivity index (χ0) is 20.8. The third-order valence-corrected chi connectivity index (χ3v) is 5.70. The molecule has 1 amide bonds. The lowest BCUT2D eigenvalue weighted by molar-refractivity contribution is 0.0369. The van der Waals surface area contributed by atoms with Crippen molar-refractivity contribution in [1.29, 1.82) is 0 Å². The molecule has 2 aromatic rings. The standard InChI is InChI=1S/C23H33N3O3/c1-4-6-20-22(18-7-9-19(28-3)10-8-18)21(23(24)27)17(2)26(20)12-5-11-25-13-15-29-16-14-25/h7-10H,4-6,11-16H2,1-3H3,(H2,24,27). The zero-order valence-corrected chi connectivity index (χ0v) is 17.9. The van der Waals surface area contributed by atoms with Crippen LogP contribution in [-0.4, -0.2) is 55.3 Å². The van der Waals surface area contributed by atoms with Crippen molar-refractivity contribution >= 4 is 5.91 Å². The molecule has 6 heteroatoms. The minimum Gasteiger partial charge on any atom is -0.497 e. The Morgan fingerprint density at radius 3 is 2.45 bits per heavy atom. The molecule has 158 valence electrons. The molecule has 0 spiro atoms. The van der Waals surface area contributed by atoms with Gasteiger partial charge in [0.25, 0.3) is 5.91 Å². The normalized spacial score (nSPS) is 14.9. The Kier molecular flexibility index (Phi) is 7.34. The first-order valence-electron chi connectivity index (χ1n) is 10.5. The smallest absolute Gasteiger partial charge is 0.251 e. The summed E-state index contributed by atoms with van der Waals surface area (Å²) in [6.45, 7) is 9.73. The van der Waals surface area contributed by atoms with Crippen molar-refractivity contribution in [2.45, 2.75) is 39.7 Å². The van der Waals surface area contributed by atoms with E-state index in [0.717, 1.165) is 81.2 Å². The average Bonchev–Trinajstić information content (AvgIpc) is 3.01. The number of nitrogens with zero attached hydrogens (tertiary/aromatic N) is 2. The van der Waals surface area contributed by atoms with Crippen LogP contribution in [0.4, 0.5) is 0 Å². The number of primary amides is 1. The zero-order valence-electron chi connectivity index (χ0n) is 17.9. The summed E-state index contributed by atoms with van der Waals surface area (Å²) in [6.07, 6.45) is 2.95. The van der Waals surface area contributed by atoms with Gasteiger partial charge in [0.1, 0.15) is 5.75 Å². The van der Waals surface area contributed by atoms with Gasteiger partial charge in [0, 0.05) is 43.1 Å². The number of carbonyl (C=O) groups excluding carboxylic acids is 1. The second-order valence-corrected chi connectivity index (χ2v) is 7.58. The third-order valence-electron chi connectivity index (χ3n) is 5.70. The summed E-state index contributed by atoms with van der Waals surface area (Å²) in [5.74, 6) is 0.436. The Morgan fingerprint density at radius 2 is 1.86 bits per heavy atom. The predicted molar refractivity (Wildman–Crippen MR) is 116 cm³/mol. The first kappa shape index (κ1) is 21.4. The molecule has 1 aromatic carbocycles. The van der Waals surface area contributed by atoms with Gasteiger partial charge in [-0.3, -0.25) is 9.69 Å². The molecule has 3 rings (SSSR count). The SMILES string of the molecule is CCCc1c(-c2ccc(OC)cc2)c(C(N)=O)c(C)n1CCCN1CCOCC1. The van der Waals surface area contributed by atoms with Gasteiger partial charge in [0.2, 0.25) is 0 Å². The molecule has 1 saturated heterocycles. The van der Waals surface area contributed by atoms with Crippen LogP contribution in [0.1, 0.15) is 41.5 Å². The minimum absolute atomic E-state index is 0.363. The van der Waals surface area contributed by atoms with Gasteiger partial charge in [0.05, 0.1) is 25.9 Å². The van der Waals surface area contributed by atoms with E-state index in [1.54, 1.807) is 7.11 Å². The molecule has 1 aliphatic rings. The fraction of sp³-hybridized carbons (Fsp3) is 0.522. The molecule has 2 heterocycles. The van der Waals surface area contributed by atoms with E-state index in [9.17, 15) is 4.79 Å². The monoisotopic (exact) mass is 399 g/mol. The van der Waals surface area contributed by atoms with Crippen LogP contribution in [-0.2, 0) is 17.7 Å². The van der Waals surface area contributed by atoms with Crippen molar-refractivity contribution in [1.82, 2.24) is 9.47 Å². The van der Waals surface area contributed by atoms with Crippen LogP contribution in [0.15, 0.2) is 24.3 Å². The molecule has 2 N–H and O–H groups in total. The highest BCUT2D eigenvalue weighted by molar-refractivity contribution is 6.02. The Labute approximate surface area is 173 Å². The first-order chi connectivity index (χ1) is 14.1. The second-order valence-electron chi connectivity index (χ2n) is 7.58. The highest BCUT2D eigenvalue weighted by atomic mass is 16.5. The van der Waals surface area contributed by atoms with Gasteiger partial charge in [-0.1, -0.05) is 25.5 Å². The third kappa shape index (κ3) is 4.82. The summed E-state index contributed by atoms with van der Waals surface area (Å²) in [7, 11) is 1.65. The predicted octanol–water partition coefficient (Wildman–Crippen LogP) is 3.25. The lowest BCUT2D eigenvalue weighted by Crippen LogP contribution is -2.37. The van der Waals surface area contributed by atoms with Crippen LogP contribution in [0.25, 0.3) is 11.1 Å². The van der Waals surface area contributed by atoms with Gasteiger partial charge in [-0.15, -0.1) is 0 Å². The molecule has 1 aromatic heterocycles.